The van der Waals surface area contributed by atoms with Gasteiger partial charge in [-0.25, -0.2) is 9.36 Å². The Bertz CT molecular complexity index is 1580. The first-order chi connectivity index (χ1) is 22.7. The summed E-state index contributed by atoms with van der Waals surface area (Å²) in [6.07, 6.45) is 11.5. The van der Waals surface area contributed by atoms with Crippen molar-refractivity contribution in [3.63, 3.8) is 0 Å². The maximum absolute atomic E-state index is 5.88. The Balaban J connectivity index is 1.22. The third kappa shape index (κ3) is 5.80. The molecule has 0 spiro atoms. The fourth-order valence-corrected chi connectivity index (χ4v) is 9.54. The summed E-state index contributed by atoms with van der Waals surface area (Å²) in [7, 11) is 0. The molecule has 0 saturated carbocycles. The largest absolute Gasteiger partial charge is 0.381 e. The highest BCUT2D eigenvalue weighted by atomic mass is 16.5. The van der Waals surface area contributed by atoms with E-state index in [1.165, 1.54) is 72.4 Å². The Morgan fingerprint density at radius 3 is 1.49 bits per heavy atom. The van der Waals surface area contributed by atoms with E-state index >= 15 is 0 Å². The topological polar surface area (TPSA) is 54.1 Å². The summed E-state index contributed by atoms with van der Waals surface area (Å²) >= 11 is 0. The fourth-order valence-electron chi connectivity index (χ4n) is 9.54. The van der Waals surface area contributed by atoms with Crippen molar-refractivity contribution < 1.29 is 9.47 Å². The minimum Gasteiger partial charge on any atom is -0.381 e. The van der Waals surface area contributed by atoms with Crippen LogP contribution in [0.15, 0.2) is 60.7 Å². The number of rotatable bonds is 8. The highest BCUT2D eigenvalue weighted by Gasteiger charge is 2.43. The van der Waals surface area contributed by atoms with E-state index in [9.17, 15) is 0 Å². The van der Waals surface area contributed by atoms with Gasteiger partial charge >= 0.3 is 0 Å². The van der Waals surface area contributed by atoms with Crippen molar-refractivity contribution >= 4 is 0 Å². The Kier molecular flexibility index (Phi) is 7.95. The predicted molar refractivity (Wildman–Crippen MR) is 187 cm³/mol. The van der Waals surface area contributed by atoms with Gasteiger partial charge in [-0.3, -0.25) is 0 Å². The maximum Gasteiger partial charge on any atom is 0.0780 e. The lowest BCUT2D eigenvalue weighted by Crippen LogP contribution is -2.29. The van der Waals surface area contributed by atoms with E-state index in [0.29, 0.717) is 11.8 Å². The van der Waals surface area contributed by atoms with Crippen molar-refractivity contribution in [2.24, 2.45) is 22.7 Å². The molecule has 2 aromatic carbocycles. The molecule has 47 heavy (non-hydrogen) atoms. The van der Waals surface area contributed by atoms with Crippen LogP contribution in [0.3, 0.4) is 0 Å². The van der Waals surface area contributed by atoms with Crippen molar-refractivity contribution in [1.29, 1.82) is 0 Å². The van der Waals surface area contributed by atoms with Crippen molar-refractivity contribution in [3.8, 4) is 11.4 Å². The van der Waals surface area contributed by atoms with Crippen LogP contribution in [0.1, 0.15) is 100 Å². The SMILES string of the molecule is CC1(CC2CCc3c(c(C(C)(C)c4nn(-c5ccccc5)c5c4CC(CC4(C)CCOC4)CC5)nn3-c3ccccc3)C2)CCOC1. The van der Waals surface area contributed by atoms with Crippen LogP contribution < -0.4 is 0 Å². The van der Waals surface area contributed by atoms with Crippen LogP contribution in [-0.4, -0.2) is 46.0 Å². The second-order valence-corrected chi connectivity index (χ2v) is 16.5. The molecule has 248 valence electrons. The maximum atomic E-state index is 5.88. The van der Waals surface area contributed by atoms with Gasteiger partial charge in [-0.1, -0.05) is 50.2 Å². The first-order valence-electron chi connectivity index (χ1n) is 18.2. The van der Waals surface area contributed by atoms with Crippen LogP contribution in [0, 0.1) is 22.7 Å². The fraction of sp³-hybridized carbons (Fsp3) is 0.561. The summed E-state index contributed by atoms with van der Waals surface area (Å²) in [5.74, 6) is 1.29. The number of hydrogen-bond acceptors (Lipinski definition) is 4. The number of aromatic nitrogens is 4. The van der Waals surface area contributed by atoms with Gasteiger partial charge in [0.25, 0.3) is 0 Å². The van der Waals surface area contributed by atoms with E-state index < -0.39 is 0 Å². The summed E-state index contributed by atoms with van der Waals surface area (Å²) in [4.78, 5) is 0. The minimum absolute atomic E-state index is 0.289. The van der Waals surface area contributed by atoms with Gasteiger partial charge < -0.3 is 9.47 Å². The van der Waals surface area contributed by atoms with Gasteiger partial charge in [-0.05, 0) is 136 Å². The number of para-hydroxylation sites is 2. The Labute approximate surface area is 280 Å². The second kappa shape index (κ2) is 12.0. The average molecular weight is 633 g/mol. The molecule has 4 atom stereocenters. The molecular formula is C41H52N4O2. The van der Waals surface area contributed by atoms with E-state index in [4.69, 9.17) is 19.7 Å². The Morgan fingerprint density at radius 1 is 0.681 bits per heavy atom. The third-order valence-electron chi connectivity index (χ3n) is 12.1. The highest BCUT2D eigenvalue weighted by molar-refractivity contribution is 5.48. The first-order valence-corrected chi connectivity index (χ1v) is 18.2. The third-order valence-corrected chi connectivity index (χ3v) is 12.1. The molecule has 2 fully saturated rings. The number of nitrogens with zero attached hydrogens (tertiary/aromatic N) is 4. The van der Waals surface area contributed by atoms with Crippen molar-refractivity contribution in [3.05, 3.63) is 94.6 Å². The average Bonchev–Trinajstić information content (AvgIpc) is 3.87. The van der Waals surface area contributed by atoms with Gasteiger partial charge in [0.2, 0.25) is 0 Å². The van der Waals surface area contributed by atoms with Crippen LogP contribution in [-0.2, 0) is 40.6 Å². The van der Waals surface area contributed by atoms with E-state index in [1.807, 2.05) is 0 Å². The minimum atomic E-state index is -0.348. The summed E-state index contributed by atoms with van der Waals surface area (Å²) in [5, 5.41) is 11.1. The van der Waals surface area contributed by atoms with Crippen molar-refractivity contribution in [2.75, 3.05) is 26.4 Å². The van der Waals surface area contributed by atoms with Crippen LogP contribution in [0.5, 0.6) is 0 Å². The molecular weight excluding hydrogens is 580 g/mol. The molecule has 6 heteroatoms. The molecule has 4 unspecified atom stereocenters. The number of hydrogen-bond donors (Lipinski definition) is 0. The summed E-state index contributed by atoms with van der Waals surface area (Å²) in [6, 6.07) is 21.6. The molecule has 4 aromatic rings. The van der Waals surface area contributed by atoms with Gasteiger partial charge in [0.15, 0.2) is 0 Å². The van der Waals surface area contributed by atoms with Gasteiger partial charge in [-0.2, -0.15) is 10.2 Å². The molecule has 0 amide bonds. The Morgan fingerprint density at radius 2 is 1.11 bits per heavy atom. The van der Waals surface area contributed by atoms with E-state index in [1.54, 1.807) is 0 Å². The van der Waals surface area contributed by atoms with Crippen molar-refractivity contribution in [2.45, 2.75) is 97.3 Å². The molecule has 2 aromatic heterocycles. The zero-order valence-electron chi connectivity index (χ0n) is 28.9. The first kappa shape index (κ1) is 31.1. The quantitative estimate of drug-likeness (QED) is 0.196. The van der Waals surface area contributed by atoms with Crippen LogP contribution in [0.2, 0.25) is 0 Å². The number of benzene rings is 2. The zero-order valence-corrected chi connectivity index (χ0v) is 28.9. The lowest BCUT2D eigenvalue weighted by atomic mass is 9.70. The van der Waals surface area contributed by atoms with Gasteiger partial charge in [0, 0.05) is 24.6 Å². The van der Waals surface area contributed by atoms with Crippen LogP contribution in [0.4, 0.5) is 0 Å². The highest BCUT2D eigenvalue weighted by Crippen LogP contribution is 2.46. The number of ether oxygens (including phenoxy) is 2. The molecule has 6 nitrogen and oxygen atoms in total. The van der Waals surface area contributed by atoms with E-state index in [2.05, 4.69) is 97.7 Å². The lowest BCUT2D eigenvalue weighted by molar-refractivity contribution is 0.140. The molecule has 2 aliphatic carbocycles. The monoisotopic (exact) mass is 632 g/mol. The number of fused-ring (bicyclic) bond motifs is 2. The smallest absolute Gasteiger partial charge is 0.0780 e. The standard InChI is InChI=1S/C41H52N4O2/c1-39(2,37-33-23-29(25-40(3)19-21-46-27-40)15-17-35(33)44(42-37)31-11-7-5-8-12-31)38-34-24-30(26-41(4)20-22-47-28-41)16-18-36(34)45(43-38)32-13-9-6-10-14-32/h5-14,29-30H,15-28H2,1-4H3. The van der Waals surface area contributed by atoms with Crippen LogP contribution >= 0.6 is 0 Å². The Hall–Kier alpha value is -3.22. The molecule has 8 rings (SSSR count). The predicted octanol–water partition coefficient (Wildman–Crippen LogP) is 8.23. The van der Waals surface area contributed by atoms with Crippen molar-refractivity contribution in [1.82, 2.24) is 19.6 Å². The molecule has 4 aliphatic rings. The van der Waals surface area contributed by atoms with Gasteiger partial charge in [0.05, 0.1) is 41.4 Å². The lowest BCUT2D eigenvalue weighted by Gasteiger charge is -2.33. The summed E-state index contributed by atoms with van der Waals surface area (Å²) < 4.78 is 16.3. The molecule has 2 aliphatic heterocycles. The zero-order chi connectivity index (χ0) is 32.2. The summed E-state index contributed by atoms with van der Waals surface area (Å²) in [6.45, 7) is 13.3. The molecule has 4 heterocycles. The normalized spacial score (nSPS) is 27.6. The van der Waals surface area contributed by atoms with E-state index in [0.717, 1.165) is 63.5 Å². The molecule has 0 bridgehead atoms. The molecule has 2 saturated heterocycles. The van der Waals surface area contributed by atoms with Crippen LogP contribution in [0.25, 0.3) is 11.4 Å². The molecule has 0 radical (unpaired) electrons. The van der Waals surface area contributed by atoms with Gasteiger partial charge in [0.1, 0.15) is 0 Å². The second-order valence-electron chi connectivity index (χ2n) is 16.5. The van der Waals surface area contributed by atoms with Gasteiger partial charge in [-0.15, -0.1) is 0 Å². The molecule has 0 N–H and O–H groups in total. The van der Waals surface area contributed by atoms with E-state index in [-0.39, 0.29) is 16.2 Å². The summed E-state index contributed by atoms with van der Waals surface area (Å²) in [5.41, 5.74) is 10.7.